The van der Waals surface area contributed by atoms with E-state index in [-0.39, 0.29) is 5.71 Å². The molecule has 74 valence electrons. The maximum Gasteiger partial charge on any atom is 0.417 e. The number of aromatic nitrogens is 2. The van der Waals surface area contributed by atoms with Gasteiger partial charge >= 0.3 is 6.18 Å². The van der Waals surface area contributed by atoms with Crippen LogP contribution in [0.15, 0.2) is 21.6 Å². The third kappa shape index (κ3) is 1.17. The molecule has 4 nitrogen and oxygen atoms in total. The van der Waals surface area contributed by atoms with Crippen molar-refractivity contribution in [2.24, 2.45) is 0 Å². The molecular formula is C7H3F3N2O2. The molecule has 0 amide bonds. The van der Waals surface area contributed by atoms with Gasteiger partial charge in [0.05, 0.1) is 5.56 Å². The van der Waals surface area contributed by atoms with Crippen LogP contribution in [-0.4, -0.2) is 10.1 Å². The summed E-state index contributed by atoms with van der Waals surface area (Å²) < 4.78 is 41.5. The van der Waals surface area contributed by atoms with Crippen molar-refractivity contribution >= 4 is 11.1 Å². The zero-order chi connectivity index (χ0) is 10.3. The SMILES string of the molecule is O=c1[nH]oc2nccc(C(F)(F)F)c12. The fraction of sp³-hybridized carbons (Fsp3) is 0.143. The Kier molecular flexibility index (Phi) is 1.63. The molecule has 7 heteroatoms. The summed E-state index contributed by atoms with van der Waals surface area (Å²) in [5.41, 5.74) is -2.32. The number of hydrogen-bond donors (Lipinski definition) is 1. The summed E-state index contributed by atoms with van der Waals surface area (Å²) in [6.07, 6.45) is -3.65. The zero-order valence-corrected chi connectivity index (χ0v) is 6.55. The predicted molar refractivity (Wildman–Crippen MR) is 39.6 cm³/mol. The Morgan fingerprint density at radius 3 is 2.79 bits per heavy atom. The van der Waals surface area contributed by atoms with Crippen LogP contribution in [0.5, 0.6) is 0 Å². The molecule has 2 rings (SSSR count). The van der Waals surface area contributed by atoms with Gasteiger partial charge in [0.15, 0.2) is 0 Å². The maximum atomic E-state index is 12.4. The molecule has 0 fully saturated rings. The molecule has 1 N–H and O–H groups in total. The van der Waals surface area contributed by atoms with Crippen molar-refractivity contribution in [3.8, 4) is 0 Å². The topological polar surface area (TPSA) is 58.9 Å². The molecular weight excluding hydrogens is 201 g/mol. The Labute approximate surface area is 74.3 Å². The third-order valence-corrected chi connectivity index (χ3v) is 1.69. The lowest BCUT2D eigenvalue weighted by atomic mass is 10.2. The van der Waals surface area contributed by atoms with E-state index < -0.39 is 22.7 Å². The standard InChI is InChI=1S/C7H3F3N2O2/c8-7(9,10)3-1-2-11-6-4(3)5(13)12-14-6/h1-2H,(H,12,13). The van der Waals surface area contributed by atoms with E-state index in [1.807, 2.05) is 0 Å². The molecule has 0 aliphatic rings. The molecule has 0 saturated heterocycles. The van der Waals surface area contributed by atoms with Crippen LogP contribution < -0.4 is 5.56 Å². The highest BCUT2D eigenvalue weighted by Crippen LogP contribution is 2.32. The monoisotopic (exact) mass is 204 g/mol. The van der Waals surface area contributed by atoms with E-state index in [1.54, 1.807) is 5.16 Å². The van der Waals surface area contributed by atoms with Gasteiger partial charge in [-0.05, 0) is 6.07 Å². The molecule has 2 aromatic rings. The first kappa shape index (κ1) is 8.79. The number of pyridine rings is 1. The highest BCUT2D eigenvalue weighted by Gasteiger charge is 2.34. The summed E-state index contributed by atoms with van der Waals surface area (Å²) in [6, 6.07) is 0.729. The fourth-order valence-corrected chi connectivity index (χ4v) is 1.12. The Bertz CT molecular complexity index is 525. The van der Waals surface area contributed by atoms with Gasteiger partial charge in [0.2, 0.25) is 0 Å². The van der Waals surface area contributed by atoms with Gasteiger partial charge in [-0.3, -0.25) is 4.79 Å². The van der Waals surface area contributed by atoms with Crippen molar-refractivity contribution in [3.05, 3.63) is 28.2 Å². The van der Waals surface area contributed by atoms with E-state index in [0.29, 0.717) is 0 Å². The van der Waals surface area contributed by atoms with Crippen molar-refractivity contribution in [1.82, 2.24) is 10.1 Å². The van der Waals surface area contributed by atoms with Gasteiger partial charge in [-0.25, -0.2) is 4.98 Å². The Morgan fingerprint density at radius 1 is 1.43 bits per heavy atom. The molecule has 14 heavy (non-hydrogen) atoms. The Balaban J connectivity index is 2.89. The minimum atomic E-state index is -4.59. The minimum absolute atomic E-state index is 0.343. The van der Waals surface area contributed by atoms with Gasteiger partial charge in [-0.2, -0.15) is 18.3 Å². The molecule has 0 bridgehead atoms. The van der Waals surface area contributed by atoms with Crippen molar-refractivity contribution in [2.75, 3.05) is 0 Å². The van der Waals surface area contributed by atoms with Crippen LogP contribution in [0.3, 0.4) is 0 Å². The van der Waals surface area contributed by atoms with Gasteiger partial charge < -0.3 is 4.52 Å². The van der Waals surface area contributed by atoms with E-state index in [0.717, 1.165) is 12.3 Å². The molecule has 0 aliphatic heterocycles. The van der Waals surface area contributed by atoms with Gasteiger partial charge in [0.25, 0.3) is 11.3 Å². The van der Waals surface area contributed by atoms with Gasteiger partial charge in [-0.1, -0.05) is 0 Å². The summed E-state index contributed by atoms with van der Waals surface area (Å²) in [5.74, 6) is 0. The lowest BCUT2D eigenvalue weighted by molar-refractivity contribution is -0.136. The lowest BCUT2D eigenvalue weighted by Crippen LogP contribution is -2.10. The first-order chi connectivity index (χ1) is 6.50. The quantitative estimate of drug-likeness (QED) is 0.707. The smallest absolute Gasteiger partial charge is 0.358 e. The molecule has 0 aliphatic carbocycles. The molecule has 0 unspecified atom stereocenters. The van der Waals surface area contributed by atoms with E-state index in [1.165, 1.54) is 0 Å². The second-order valence-electron chi connectivity index (χ2n) is 2.57. The zero-order valence-electron chi connectivity index (χ0n) is 6.55. The van der Waals surface area contributed by atoms with Crippen LogP contribution in [0.2, 0.25) is 0 Å². The van der Waals surface area contributed by atoms with Crippen LogP contribution in [0.1, 0.15) is 5.56 Å². The average molecular weight is 204 g/mol. The number of nitrogens with zero attached hydrogens (tertiary/aromatic N) is 1. The number of halogens is 3. The van der Waals surface area contributed by atoms with Crippen LogP contribution in [0.4, 0.5) is 13.2 Å². The van der Waals surface area contributed by atoms with Gasteiger partial charge in [0, 0.05) is 6.20 Å². The number of alkyl halides is 3. The van der Waals surface area contributed by atoms with Gasteiger partial charge in [0.1, 0.15) is 5.39 Å². The second kappa shape index (κ2) is 2.60. The molecule has 0 spiro atoms. The van der Waals surface area contributed by atoms with Crippen molar-refractivity contribution in [3.63, 3.8) is 0 Å². The summed E-state index contributed by atoms with van der Waals surface area (Å²) in [6.45, 7) is 0. The van der Waals surface area contributed by atoms with Crippen LogP contribution in [0, 0.1) is 0 Å². The number of nitrogens with one attached hydrogen (secondary N) is 1. The predicted octanol–water partition coefficient (Wildman–Crippen LogP) is 1.53. The molecule has 0 saturated carbocycles. The number of hydrogen-bond acceptors (Lipinski definition) is 3. The van der Waals surface area contributed by atoms with Gasteiger partial charge in [-0.15, -0.1) is 0 Å². The number of aromatic amines is 1. The first-order valence-corrected chi connectivity index (χ1v) is 3.53. The molecule has 2 heterocycles. The van der Waals surface area contributed by atoms with Crippen molar-refractivity contribution in [2.45, 2.75) is 6.18 Å². The largest absolute Gasteiger partial charge is 0.417 e. The molecule has 0 radical (unpaired) electrons. The van der Waals surface area contributed by atoms with E-state index >= 15 is 0 Å². The number of rotatable bonds is 0. The summed E-state index contributed by atoms with van der Waals surface area (Å²) in [4.78, 5) is 14.4. The molecule has 0 aromatic carbocycles. The number of H-pyrrole nitrogens is 1. The fourth-order valence-electron chi connectivity index (χ4n) is 1.12. The highest BCUT2D eigenvalue weighted by atomic mass is 19.4. The third-order valence-electron chi connectivity index (χ3n) is 1.69. The second-order valence-corrected chi connectivity index (χ2v) is 2.57. The van der Waals surface area contributed by atoms with Crippen molar-refractivity contribution < 1.29 is 17.7 Å². The summed E-state index contributed by atoms with van der Waals surface area (Å²) >= 11 is 0. The highest BCUT2D eigenvalue weighted by molar-refractivity contribution is 5.76. The first-order valence-electron chi connectivity index (χ1n) is 3.53. The van der Waals surface area contributed by atoms with E-state index in [2.05, 4.69) is 9.51 Å². The van der Waals surface area contributed by atoms with Crippen molar-refractivity contribution in [1.29, 1.82) is 0 Å². The molecule has 0 atom stereocenters. The van der Waals surface area contributed by atoms with Crippen LogP contribution >= 0.6 is 0 Å². The summed E-state index contributed by atoms with van der Waals surface area (Å²) in [5, 5.41) is 1.23. The van der Waals surface area contributed by atoms with Crippen LogP contribution in [0.25, 0.3) is 11.1 Å². The van der Waals surface area contributed by atoms with E-state index in [4.69, 9.17) is 0 Å². The molecule has 2 aromatic heterocycles. The number of fused-ring (bicyclic) bond motifs is 1. The maximum absolute atomic E-state index is 12.4. The average Bonchev–Trinajstić information content (AvgIpc) is 2.46. The Morgan fingerprint density at radius 2 is 2.14 bits per heavy atom. The minimum Gasteiger partial charge on any atom is -0.358 e. The Hall–Kier alpha value is -1.79. The van der Waals surface area contributed by atoms with E-state index in [9.17, 15) is 18.0 Å². The summed E-state index contributed by atoms with van der Waals surface area (Å²) in [7, 11) is 0. The van der Waals surface area contributed by atoms with Crippen LogP contribution in [-0.2, 0) is 6.18 Å². The normalized spacial score (nSPS) is 12.2. The lowest BCUT2D eigenvalue weighted by Gasteiger charge is -2.04.